The fourth-order valence-electron chi connectivity index (χ4n) is 7.38. The van der Waals surface area contributed by atoms with Gasteiger partial charge in [-0.2, -0.15) is 5.26 Å². The maximum absolute atomic E-state index is 17.5. The first-order valence-corrected chi connectivity index (χ1v) is 21.0. The molecule has 0 saturated carbocycles. The third-order valence-corrected chi connectivity index (χ3v) is 12.1. The lowest BCUT2D eigenvalue weighted by Crippen LogP contribution is -2.38. The predicted octanol–water partition coefficient (Wildman–Crippen LogP) is 11.7. The van der Waals surface area contributed by atoms with E-state index in [1.165, 1.54) is 12.1 Å². The molecule has 5 nitrogen and oxygen atoms in total. The van der Waals surface area contributed by atoms with Gasteiger partial charge in [0.25, 0.3) is 0 Å². The lowest BCUT2D eigenvalue weighted by molar-refractivity contribution is 0.0636. The highest BCUT2D eigenvalue weighted by Gasteiger charge is 2.30. The van der Waals surface area contributed by atoms with E-state index >= 15 is 8.78 Å². The predicted molar refractivity (Wildman–Crippen MR) is 221 cm³/mol. The number of unbranched alkanes of at least 4 members (excludes halogenated alkanes) is 3. The summed E-state index contributed by atoms with van der Waals surface area (Å²) in [4.78, 5) is 2.43. The Balaban J connectivity index is 2.32. The van der Waals surface area contributed by atoms with Gasteiger partial charge in [0.2, 0.25) is 0 Å². The second-order valence-corrected chi connectivity index (χ2v) is 16.9. The standard InChI is InChI=1S/C45H65F3N4OS/c1-11-15-16-17-25-45(9,26-32(46)14-4)28-53-39(18-12-2)51-42-33(31(8)52(10)38(30(7)13-3)24-19-29(5)6)20-21-35(41(42)48)34-22-23-37(47)43-40(34)36(27-49)44(50)54-43/h18,20-23,29-30,32,38,50-51H,11-17,19,24-26,28H2,1-10H3/b33-31+,35-34-,39-18-,50-44?. The van der Waals surface area contributed by atoms with E-state index in [0.717, 1.165) is 68.8 Å². The smallest absolute Gasteiger partial charge is 0.187 e. The molecule has 298 valence electrons. The third-order valence-electron chi connectivity index (χ3n) is 11.1. The van der Waals surface area contributed by atoms with Gasteiger partial charge >= 0.3 is 0 Å². The first kappa shape index (κ1) is 45.0. The minimum Gasteiger partial charge on any atom is -0.479 e. The number of halogens is 3. The molecule has 0 radical (unpaired) electrons. The Bertz CT molecular complexity index is 1890. The highest BCUT2D eigenvalue weighted by Crippen LogP contribution is 2.34. The van der Waals surface area contributed by atoms with Crippen molar-refractivity contribution in [1.82, 2.24) is 4.90 Å². The molecule has 1 aliphatic rings. The lowest BCUT2D eigenvalue weighted by atomic mass is 9.80. The highest BCUT2D eigenvalue weighted by atomic mass is 32.2. The largest absolute Gasteiger partial charge is 0.479 e. The second kappa shape index (κ2) is 21.1. The van der Waals surface area contributed by atoms with Gasteiger partial charge in [0.1, 0.15) is 23.1 Å². The van der Waals surface area contributed by atoms with Crippen LogP contribution in [0, 0.1) is 56.1 Å². The molecule has 1 heterocycles. The summed E-state index contributed by atoms with van der Waals surface area (Å²) in [7, 11) is 2.08. The van der Waals surface area contributed by atoms with Gasteiger partial charge < -0.3 is 15.0 Å². The maximum atomic E-state index is 17.5. The van der Waals surface area contributed by atoms with Gasteiger partial charge in [-0.3, -0.25) is 5.41 Å². The van der Waals surface area contributed by atoms with Crippen molar-refractivity contribution in [2.75, 3.05) is 19.0 Å². The minimum atomic E-state index is -0.939. The fraction of sp³-hybridized carbons (Fsp3) is 0.600. The van der Waals surface area contributed by atoms with Crippen molar-refractivity contribution in [3.8, 4) is 6.07 Å². The number of allylic oxidation sites excluding steroid dienone is 1. The molecule has 0 bridgehead atoms. The van der Waals surface area contributed by atoms with E-state index < -0.39 is 23.2 Å². The van der Waals surface area contributed by atoms with Gasteiger partial charge in [-0.05, 0) is 74.6 Å². The summed E-state index contributed by atoms with van der Waals surface area (Å²) in [5, 5.41) is 23.1. The average molecular weight is 767 g/mol. The van der Waals surface area contributed by atoms with Crippen LogP contribution in [0.15, 0.2) is 41.1 Å². The Morgan fingerprint density at radius 3 is 2.35 bits per heavy atom. The maximum Gasteiger partial charge on any atom is 0.187 e. The highest BCUT2D eigenvalue weighted by molar-refractivity contribution is 8.15. The summed E-state index contributed by atoms with van der Waals surface area (Å²) in [5.41, 5.74) is 0.714. The lowest BCUT2D eigenvalue weighted by Gasteiger charge is -2.36. The summed E-state index contributed by atoms with van der Waals surface area (Å²) in [6.45, 7) is 19.3. The van der Waals surface area contributed by atoms with E-state index in [1.807, 2.05) is 32.9 Å². The topological polar surface area (TPSA) is 72.1 Å². The van der Waals surface area contributed by atoms with Crippen LogP contribution in [0.4, 0.5) is 18.9 Å². The fourth-order valence-corrected chi connectivity index (χ4v) is 8.32. The minimum absolute atomic E-state index is 0.0258. The quantitative estimate of drug-likeness (QED) is 0.0978. The molecular weight excluding hydrogens is 702 g/mol. The van der Waals surface area contributed by atoms with Crippen LogP contribution < -0.4 is 15.8 Å². The number of nitriles is 1. The van der Waals surface area contributed by atoms with Crippen LogP contribution in [0.25, 0.3) is 11.3 Å². The molecule has 4 atom stereocenters. The van der Waals surface area contributed by atoms with E-state index in [4.69, 9.17) is 10.1 Å². The number of rotatable bonds is 21. The monoisotopic (exact) mass is 766 g/mol. The molecule has 9 heteroatoms. The Kier molecular flexibility index (Phi) is 17.6. The van der Waals surface area contributed by atoms with Crippen molar-refractivity contribution in [3.05, 3.63) is 68.7 Å². The molecule has 0 saturated heterocycles. The van der Waals surface area contributed by atoms with Crippen molar-refractivity contribution in [3.63, 3.8) is 0 Å². The molecule has 2 aromatic carbocycles. The number of ether oxygens (including phenoxy) is 1. The van der Waals surface area contributed by atoms with E-state index in [1.54, 1.807) is 6.07 Å². The van der Waals surface area contributed by atoms with Crippen molar-refractivity contribution in [2.24, 2.45) is 17.3 Å². The molecule has 54 heavy (non-hydrogen) atoms. The Labute approximate surface area is 327 Å². The zero-order chi connectivity index (χ0) is 40.2. The van der Waals surface area contributed by atoms with Crippen LogP contribution in [0.3, 0.4) is 0 Å². The molecule has 2 aromatic rings. The number of fused-ring (bicyclic) bond motifs is 1. The molecule has 0 spiro atoms. The molecule has 2 N–H and O–H groups in total. The summed E-state index contributed by atoms with van der Waals surface area (Å²) in [6.07, 6.45) is 10.6. The Morgan fingerprint density at radius 2 is 1.74 bits per heavy atom. The summed E-state index contributed by atoms with van der Waals surface area (Å²) < 4.78 is 54.0. The van der Waals surface area contributed by atoms with Crippen molar-refractivity contribution < 1.29 is 17.9 Å². The number of nitrogens with one attached hydrogen (secondary N) is 2. The van der Waals surface area contributed by atoms with Gasteiger partial charge in [-0.15, -0.1) is 0 Å². The Hall–Kier alpha value is -3.38. The molecule has 4 unspecified atom stereocenters. The first-order chi connectivity index (χ1) is 25.7. The molecule has 0 aliphatic carbocycles. The number of nitrogens with zero attached hydrogens (tertiary/aromatic N) is 2. The van der Waals surface area contributed by atoms with Gasteiger partial charge in [-0.25, -0.2) is 13.2 Å². The number of hydrogen-bond acceptors (Lipinski definition) is 6. The SMILES string of the molecule is CC/C=C(/Nc1c(F)/c(=c2/ccc(F)c3c2=C(C#N)C(=N)S3)cc/c1=C(/C)N(C)C(CCC(C)C)C(C)CC)OCC(C)(CCCCCC)CC(F)CC. The Morgan fingerprint density at radius 1 is 1.04 bits per heavy atom. The van der Waals surface area contributed by atoms with Crippen LogP contribution in [-0.2, 0) is 4.74 Å². The third kappa shape index (κ3) is 11.3. The second-order valence-electron chi connectivity index (χ2n) is 15.9. The van der Waals surface area contributed by atoms with E-state index in [0.29, 0.717) is 47.4 Å². The van der Waals surface area contributed by atoms with Crippen LogP contribution in [0.1, 0.15) is 133 Å². The van der Waals surface area contributed by atoms with Crippen LogP contribution in [0.5, 0.6) is 0 Å². The van der Waals surface area contributed by atoms with Crippen molar-refractivity contribution in [2.45, 2.75) is 150 Å². The summed E-state index contributed by atoms with van der Waals surface area (Å²) >= 11 is 0.880. The van der Waals surface area contributed by atoms with Gasteiger partial charge in [-0.1, -0.05) is 117 Å². The average Bonchev–Trinajstić information content (AvgIpc) is 3.49. The number of thioether (sulfide) groups is 1. The molecular formula is C45H65F3N4OS. The molecule has 0 aromatic heterocycles. The van der Waals surface area contributed by atoms with Crippen LogP contribution in [-0.4, -0.2) is 35.8 Å². The zero-order valence-electron chi connectivity index (χ0n) is 34.5. The molecule has 1 aliphatic heterocycles. The normalized spacial score (nSPS) is 17.1. The van der Waals surface area contributed by atoms with Crippen LogP contribution in [0.2, 0.25) is 0 Å². The molecule has 0 fully saturated rings. The van der Waals surface area contributed by atoms with Gasteiger partial charge in [0.15, 0.2) is 11.7 Å². The zero-order valence-corrected chi connectivity index (χ0v) is 35.3. The first-order valence-electron chi connectivity index (χ1n) is 20.2. The number of alkyl halides is 1. The molecule has 3 rings (SSSR count). The molecule has 0 amide bonds. The van der Waals surface area contributed by atoms with Gasteiger partial charge in [0.05, 0.1) is 22.8 Å². The van der Waals surface area contributed by atoms with Crippen molar-refractivity contribution in [1.29, 1.82) is 10.7 Å². The van der Waals surface area contributed by atoms with E-state index in [-0.39, 0.29) is 44.3 Å². The summed E-state index contributed by atoms with van der Waals surface area (Å²) in [5.74, 6) is 0.217. The summed E-state index contributed by atoms with van der Waals surface area (Å²) in [6, 6.07) is 8.62. The number of benzene rings is 2. The van der Waals surface area contributed by atoms with Crippen LogP contribution >= 0.6 is 11.8 Å². The van der Waals surface area contributed by atoms with Gasteiger partial charge in [0, 0.05) is 39.9 Å². The van der Waals surface area contributed by atoms with E-state index in [9.17, 15) is 9.65 Å². The number of hydrogen-bond donors (Lipinski definition) is 2. The van der Waals surface area contributed by atoms with Crippen molar-refractivity contribution >= 4 is 33.8 Å². The van der Waals surface area contributed by atoms with E-state index in [2.05, 4.69) is 64.9 Å². The number of anilines is 1.